The normalized spacial score (nSPS) is 12.4. The molecule has 0 fully saturated rings. The van der Waals surface area contributed by atoms with Gasteiger partial charge in [-0.1, -0.05) is 24.3 Å². The summed E-state index contributed by atoms with van der Waals surface area (Å²) in [4.78, 5) is 0. The smallest absolute Gasteiger partial charge is 0.137 e. The average Bonchev–Trinajstić information content (AvgIpc) is 2.42. The first-order valence-corrected chi connectivity index (χ1v) is 7.84. The van der Waals surface area contributed by atoms with E-state index < -0.39 is 0 Å². The Morgan fingerprint density at radius 2 is 1.89 bits per heavy atom. The maximum absolute atomic E-state index is 13.6. The Labute approximate surface area is 134 Å². The molecule has 19 heavy (non-hydrogen) atoms. The predicted molar refractivity (Wildman–Crippen MR) is 88.8 cm³/mol. The van der Waals surface area contributed by atoms with Crippen molar-refractivity contribution in [2.24, 2.45) is 0 Å². The summed E-state index contributed by atoms with van der Waals surface area (Å²) in [5.41, 5.74) is 2.18. The molecule has 2 aromatic carbocycles. The molecule has 1 nitrogen and oxygen atoms in total. The second-order valence-corrected chi connectivity index (χ2v) is 6.35. The lowest BCUT2D eigenvalue weighted by Crippen LogP contribution is -2.19. The van der Waals surface area contributed by atoms with E-state index in [1.807, 2.05) is 13.1 Å². The number of hydrogen-bond donors (Lipinski definition) is 1. The highest BCUT2D eigenvalue weighted by atomic mass is 127. The second-order valence-electron chi connectivity index (χ2n) is 4.31. The molecule has 0 saturated carbocycles. The zero-order chi connectivity index (χ0) is 13.8. The zero-order valence-corrected chi connectivity index (χ0v) is 14.2. The third-order valence-electron chi connectivity index (χ3n) is 3.06. The minimum Gasteiger partial charge on any atom is -0.313 e. The lowest BCUT2D eigenvalue weighted by Gasteiger charge is -2.18. The molecule has 1 N–H and O–H groups in total. The largest absolute Gasteiger partial charge is 0.313 e. The molecule has 0 bridgehead atoms. The monoisotopic (exact) mass is 433 g/mol. The summed E-state index contributed by atoms with van der Waals surface area (Å²) in [6.07, 6.45) is 0.829. The highest BCUT2D eigenvalue weighted by Crippen LogP contribution is 2.28. The molecule has 4 heteroatoms. The van der Waals surface area contributed by atoms with Gasteiger partial charge in [-0.15, -0.1) is 0 Å². The predicted octanol–water partition coefficient (Wildman–Crippen LogP) is 4.70. The van der Waals surface area contributed by atoms with Gasteiger partial charge in [-0.3, -0.25) is 0 Å². The molecule has 0 spiro atoms. The van der Waals surface area contributed by atoms with Crippen molar-refractivity contribution in [3.63, 3.8) is 0 Å². The first kappa shape index (κ1) is 14.9. The molecule has 0 radical (unpaired) electrons. The van der Waals surface area contributed by atoms with Crippen molar-refractivity contribution in [1.82, 2.24) is 5.32 Å². The van der Waals surface area contributed by atoms with E-state index >= 15 is 0 Å². The number of nitrogens with one attached hydrogen (secondary N) is 1. The van der Waals surface area contributed by atoms with E-state index in [2.05, 4.69) is 68.1 Å². The Balaban J connectivity index is 2.25. The summed E-state index contributed by atoms with van der Waals surface area (Å²) >= 11 is 5.62. The van der Waals surface area contributed by atoms with Crippen LogP contribution in [0.25, 0.3) is 0 Å². The van der Waals surface area contributed by atoms with E-state index in [-0.39, 0.29) is 11.9 Å². The fourth-order valence-corrected chi connectivity index (χ4v) is 2.91. The topological polar surface area (TPSA) is 12.0 Å². The molecule has 100 valence electrons. The summed E-state index contributed by atoms with van der Waals surface area (Å²) in [5.74, 6) is -0.222. The number of likely N-dealkylation sites (N-methyl/N-ethyl adjacent to an activating group) is 1. The van der Waals surface area contributed by atoms with Crippen molar-refractivity contribution in [2.45, 2.75) is 12.5 Å². The van der Waals surface area contributed by atoms with Crippen molar-refractivity contribution in [2.75, 3.05) is 7.05 Å². The average molecular weight is 434 g/mol. The molecule has 2 rings (SSSR count). The van der Waals surface area contributed by atoms with Crippen LogP contribution in [0.15, 0.2) is 46.9 Å². The molecule has 0 aromatic heterocycles. The highest BCUT2D eigenvalue weighted by Gasteiger charge is 2.15. The summed E-state index contributed by atoms with van der Waals surface area (Å²) < 4.78 is 15.4. The van der Waals surface area contributed by atoms with Gasteiger partial charge in [-0.25, -0.2) is 4.39 Å². The van der Waals surface area contributed by atoms with Crippen molar-refractivity contribution in [3.05, 3.63) is 67.5 Å². The Morgan fingerprint density at radius 3 is 2.53 bits per heavy atom. The molecular formula is C15H14BrFIN. The lowest BCUT2D eigenvalue weighted by molar-refractivity contribution is 0.571. The van der Waals surface area contributed by atoms with E-state index in [4.69, 9.17) is 0 Å². The van der Waals surface area contributed by atoms with Crippen LogP contribution < -0.4 is 5.32 Å². The fraction of sp³-hybridized carbons (Fsp3) is 0.200. The number of halogens is 3. The Morgan fingerprint density at radius 1 is 1.21 bits per heavy atom. The fourth-order valence-electron chi connectivity index (χ4n) is 2.01. The third kappa shape index (κ3) is 3.77. The van der Waals surface area contributed by atoms with Crippen molar-refractivity contribution < 1.29 is 4.39 Å². The van der Waals surface area contributed by atoms with Gasteiger partial charge in [0.05, 0.1) is 4.47 Å². The second kappa shape index (κ2) is 6.81. The van der Waals surface area contributed by atoms with Crippen LogP contribution in [0, 0.1) is 9.39 Å². The molecule has 0 saturated heterocycles. The standard InChI is InChI=1S/C15H14BrFIN/c1-19-14(9-10-5-7-11(18)8-6-10)12-3-2-4-13(17)15(12)16/h2-8,14,19H,9H2,1H3. The molecule has 1 atom stereocenters. The number of hydrogen-bond acceptors (Lipinski definition) is 1. The summed E-state index contributed by atoms with van der Waals surface area (Å²) in [7, 11) is 1.90. The first-order chi connectivity index (χ1) is 9.11. The Kier molecular flexibility index (Phi) is 5.36. The van der Waals surface area contributed by atoms with Gasteiger partial charge in [0.15, 0.2) is 0 Å². The van der Waals surface area contributed by atoms with E-state index in [0.29, 0.717) is 4.47 Å². The molecule has 0 aliphatic carbocycles. The van der Waals surface area contributed by atoms with E-state index in [9.17, 15) is 4.39 Å². The number of rotatable bonds is 4. The van der Waals surface area contributed by atoms with Crippen LogP contribution in [-0.4, -0.2) is 7.05 Å². The third-order valence-corrected chi connectivity index (χ3v) is 4.61. The minimum absolute atomic E-state index is 0.0881. The van der Waals surface area contributed by atoms with Crippen molar-refractivity contribution in [1.29, 1.82) is 0 Å². The SMILES string of the molecule is CNC(Cc1ccc(I)cc1)c1cccc(F)c1Br. The van der Waals surface area contributed by atoms with Gasteiger partial charge >= 0.3 is 0 Å². The first-order valence-electron chi connectivity index (χ1n) is 5.97. The van der Waals surface area contributed by atoms with Gasteiger partial charge < -0.3 is 5.32 Å². The van der Waals surface area contributed by atoms with Gasteiger partial charge in [0.1, 0.15) is 5.82 Å². The molecule has 0 heterocycles. The van der Waals surface area contributed by atoms with Crippen LogP contribution in [0.2, 0.25) is 0 Å². The van der Waals surface area contributed by atoms with E-state index in [1.54, 1.807) is 6.07 Å². The maximum atomic E-state index is 13.6. The minimum atomic E-state index is -0.222. The molecular weight excluding hydrogens is 420 g/mol. The van der Waals surface area contributed by atoms with Crippen LogP contribution in [0.1, 0.15) is 17.2 Å². The Hall–Kier alpha value is -0.460. The van der Waals surface area contributed by atoms with Gasteiger partial charge in [0.2, 0.25) is 0 Å². The molecule has 1 unspecified atom stereocenters. The number of benzene rings is 2. The molecule has 0 aliphatic rings. The van der Waals surface area contributed by atoms with E-state index in [0.717, 1.165) is 12.0 Å². The Bertz CT molecular complexity index is 557. The molecule has 0 aliphatic heterocycles. The van der Waals surface area contributed by atoms with Gasteiger partial charge in [0, 0.05) is 9.61 Å². The van der Waals surface area contributed by atoms with E-state index in [1.165, 1.54) is 15.2 Å². The van der Waals surface area contributed by atoms with Crippen molar-refractivity contribution in [3.8, 4) is 0 Å². The maximum Gasteiger partial charge on any atom is 0.137 e. The highest BCUT2D eigenvalue weighted by molar-refractivity contribution is 14.1. The van der Waals surface area contributed by atoms with Crippen LogP contribution in [0.3, 0.4) is 0 Å². The summed E-state index contributed by atoms with van der Waals surface area (Å²) in [6, 6.07) is 13.6. The summed E-state index contributed by atoms with van der Waals surface area (Å²) in [5, 5.41) is 3.25. The molecule has 0 amide bonds. The van der Waals surface area contributed by atoms with Crippen LogP contribution in [0.4, 0.5) is 4.39 Å². The van der Waals surface area contributed by atoms with Crippen LogP contribution >= 0.6 is 38.5 Å². The van der Waals surface area contributed by atoms with Crippen LogP contribution in [-0.2, 0) is 6.42 Å². The van der Waals surface area contributed by atoms with Crippen LogP contribution in [0.5, 0.6) is 0 Å². The quantitative estimate of drug-likeness (QED) is 0.689. The van der Waals surface area contributed by atoms with Gasteiger partial charge in [-0.05, 0) is 81.3 Å². The summed E-state index contributed by atoms with van der Waals surface area (Å²) in [6.45, 7) is 0. The molecule has 2 aromatic rings. The van der Waals surface area contributed by atoms with Gasteiger partial charge in [0.25, 0.3) is 0 Å². The zero-order valence-electron chi connectivity index (χ0n) is 10.5. The lowest BCUT2D eigenvalue weighted by atomic mass is 9.99. The van der Waals surface area contributed by atoms with Gasteiger partial charge in [-0.2, -0.15) is 0 Å². The van der Waals surface area contributed by atoms with Crippen molar-refractivity contribution >= 4 is 38.5 Å².